The predicted molar refractivity (Wildman–Crippen MR) is 83.3 cm³/mol. The largest absolute Gasteiger partial charge is 0.482 e. The molecule has 1 amide bonds. The van der Waals surface area contributed by atoms with Crippen molar-refractivity contribution in [3.8, 4) is 5.75 Å². The van der Waals surface area contributed by atoms with Crippen LogP contribution >= 0.6 is 11.8 Å². The number of hydrogen-bond donors (Lipinski definition) is 1. The highest BCUT2D eigenvalue weighted by Crippen LogP contribution is 2.42. The van der Waals surface area contributed by atoms with E-state index in [1.165, 1.54) is 11.8 Å². The molecule has 2 aromatic rings. The monoisotopic (exact) mass is 296 g/mol. The average Bonchev–Trinajstić information content (AvgIpc) is 2.80. The SMILES string of the molecule is O=C1NC2=Nc3ccccc3OC(c3ccccc3)C2S1. The molecule has 0 bridgehead atoms. The molecule has 21 heavy (non-hydrogen) atoms. The lowest BCUT2D eigenvalue weighted by atomic mass is 10.1. The molecule has 2 unspecified atom stereocenters. The number of benzene rings is 2. The summed E-state index contributed by atoms with van der Waals surface area (Å²) in [5.41, 5.74) is 1.79. The third kappa shape index (κ3) is 2.19. The number of nitrogens with one attached hydrogen (secondary N) is 1. The number of thioether (sulfide) groups is 1. The van der Waals surface area contributed by atoms with Gasteiger partial charge in [-0.15, -0.1) is 0 Å². The maximum atomic E-state index is 11.7. The fourth-order valence-corrected chi connectivity index (χ4v) is 3.49. The first-order valence-corrected chi connectivity index (χ1v) is 7.56. The number of carbonyl (C=O) groups is 1. The molecule has 2 atom stereocenters. The fourth-order valence-electron chi connectivity index (χ4n) is 2.54. The van der Waals surface area contributed by atoms with Crippen molar-refractivity contribution in [1.29, 1.82) is 0 Å². The van der Waals surface area contributed by atoms with Gasteiger partial charge in [0.1, 0.15) is 28.6 Å². The van der Waals surface area contributed by atoms with Crippen LogP contribution in [0.3, 0.4) is 0 Å². The van der Waals surface area contributed by atoms with E-state index in [0.29, 0.717) is 5.84 Å². The zero-order valence-corrected chi connectivity index (χ0v) is 11.8. The molecule has 0 spiro atoms. The fraction of sp³-hybridized carbons (Fsp3) is 0.125. The number of fused-ring (bicyclic) bond motifs is 2. The molecular weight excluding hydrogens is 284 g/mol. The van der Waals surface area contributed by atoms with Gasteiger partial charge in [-0.3, -0.25) is 4.79 Å². The van der Waals surface area contributed by atoms with Gasteiger partial charge in [0, 0.05) is 0 Å². The van der Waals surface area contributed by atoms with Gasteiger partial charge in [0.15, 0.2) is 0 Å². The lowest BCUT2D eigenvalue weighted by Crippen LogP contribution is -2.30. The Labute approximate surface area is 126 Å². The highest BCUT2D eigenvalue weighted by molar-refractivity contribution is 8.15. The summed E-state index contributed by atoms with van der Waals surface area (Å²) in [4.78, 5) is 16.3. The number of para-hydroxylation sites is 2. The summed E-state index contributed by atoms with van der Waals surface area (Å²) in [5, 5.41) is 2.60. The number of carbonyl (C=O) groups excluding carboxylic acids is 1. The van der Waals surface area contributed by atoms with E-state index >= 15 is 0 Å². The second kappa shape index (κ2) is 4.93. The highest BCUT2D eigenvalue weighted by atomic mass is 32.2. The van der Waals surface area contributed by atoms with E-state index in [9.17, 15) is 4.79 Å². The van der Waals surface area contributed by atoms with Crippen molar-refractivity contribution in [1.82, 2.24) is 5.32 Å². The van der Waals surface area contributed by atoms with Crippen LogP contribution < -0.4 is 10.1 Å². The minimum absolute atomic E-state index is 0.0809. The zero-order valence-electron chi connectivity index (χ0n) is 11.0. The number of ether oxygens (including phenoxy) is 1. The van der Waals surface area contributed by atoms with Crippen molar-refractivity contribution in [2.24, 2.45) is 4.99 Å². The molecule has 1 saturated heterocycles. The summed E-state index contributed by atoms with van der Waals surface area (Å²) >= 11 is 1.23. The zero-order chi connectivity index (χ0) is 14.2. The maximum absolute atomic E-state index is 11.7. The van der Waals surface area contributed by atoms with E-state index in [1.807, 2.05) is 54.6 Å². The summed E-state index contributed by atoms with van der Waals surface area (Å²) in [6, 6.07) is 17.6. The van der Waals surface area contributed by atoms with Gasteiger partial charge in [-0.05, 0) is 29.5 Å². The van der Waals surface area contributed by atoms with Crippen molar-refractivity contribution >= 4 is 28.5 Å². The number of aliphatic imine (C=N–C) groups is 1. The van der Waals surface area contributed by atoms with Crippen LogP contribution in [0.15, 0.2) is 59.6 Å². The molecule has 5 heteroatoms. The van der Waals surface area contributed by atoms with Gasteiger partial charge in [-0.2, -0.15) is 0 Å². The number of hydrogen-bond acceptors (Lipinski definition) is 4. The molecular formula is C16H12N2O2S. The van der Waals surface area contributed by atoms with Crippen LogP contribution in [-0.4, -0.2) is 16.3 Å². The number of amidine groups is 1. The number of nitrogens with zero attached hydrogens (tertiary/aromatic N) is 1. The van der Waals surface area contributed by atoms with Crippen molar-refractivity contribution in [3.63, 3.8) is 0 Å². The lowest BCUT2D eigenvalue weighted by Gasteiger charge is -2.22. The van der Waals surface area contributed by atoms with E-state index in [2.05, 4.69) is 10.3 Å². The van der Waals surface area contributed by atoms with Crippen molar-refractivity contribution in [3.05, 3.63) is 60.2 Å². The van der Waals surface area contributed by atoms with Gasteiger partial charge >= 0.3 is 0 Å². The quantitative estimate of drug-likeness (QED) is 0.873. The molecule has 4 nitrogen and oxygen atoms in total. The smallest absolute Gasteiger partial charge is 0.285 e. The summed E-state index contributed by atoms with van der Waals surface area (Å²) in [6.45, 7) is 0. The minimum Gasteiger partial charge on any atom is -0.482 e. The molecule has 1 N–H and O–H groups in total. The molecule has 0 saturated carbocycles. The molecule has 104 valence electrons. The Morgan fingerprint density at radius 2 is 1.81 bits per heavy atom. The Hall–Kier alpha value is -2.27. The molecule has 2 aromatic carbocycles. The maximum Gasteiger partial charge on any atom is 0.285 e. The van der Waals surface area contributed by atoms with Gasteiger partial charge in [0.2, 0.25) is 0 Å². The first-order valence-electron chi connectivity index (χ1n) is 6.68. The number of amides is 1. The molecule has 0 radical (unpaired) electrons. The second-order valence-corrected chi connectivity index (χ2v) is 5.98. The first-order chi connectivity index (χ1) is 10.3. The predicted octanol–water partition coefficient (Wildman–Crippen LogP) is 3.68. The van der Waals surface area contributed by atoms with Crippen molar-refractivity contribution in [2.45, 2.75) is 11.4 Å². The Morgan fingerprint density at radius 3 is 2.67 bits per heavy atom. The van der Waals surface area contributed by atoms with E-state index in [1.54, 1.807) is 0 Å². The topological polar surface area (TPSA) is 50.7 Å². The van der Waals surface area contributed by atoms with Gasteiger partial charge in [0.05, 0.1) is 0 Å². The van der Waals surface area contributed by atoms with Crippen LogP contribution in [0, 0.1) is 0 Å². The molecule has 2 heterocycles. The molecule has 2 aliphatic rings. The van der Waals surface area contributed by atoms with Gasteiger partial charge in [-0.1, -0.05) is 42.5 Å². The Bertz CT molecular complexity index is 730. The van der Waals surface area contributed by atoms with E-state index in [-0.39, 0.29) is 16.6 Å². The van der Waals surface area contributed by atoms with E-state index in [4.69, 9.17) is 4.74 Å². The summed E-state index contributed by atoms with van der Waals surface area (Å²) in [6.07, 6.45) is -0.238. The third-order valence-corrected chi connectivity index (χ3v) is 4.54. The summed E-state index contributed by atoms with van der Waals surface area (Å²) in [5.74, 6) is 1.41. The van der Waals surface area contributed by atoms with E-state index < -0.39 is 0 Å². The Balaban J connectivity index is 1.84. The van der Waals surface area contributed by atoms with E-state index in [0.717, 1.165) is 17.0 Å². The lowest BCUT2D eigenvalue weighted by molar-refractivity contribution is 0.222. The Morgan fingerprint density at radius 1 is 1.05 bits per heavy atom. The van der Waals surface area contributed by atoms with Gasteiger partial charge < -0.3 is 10.1 Å². The highest BCUT2D eigenvalue weighted by Gasteiger charge is 2.40. The summed E-state index contributed by atoms with van der Waals surface area (Å²) < 4.78 is 6.18. The average molecular weight is 296 g/mol. The first kappa shape index (κ1) is 12.5. The van der Waals surface area contributed by atoms with Gasteiger partial charge in [0.25, 0.3) is 5.24 Å². The van der Waals surface area contributed by atoms with Crippen LogP contribution in [0.4, 0.5) is 10.5 Å². The standard InChI is InChI=1S/C16H12N2O2S/c19-16-18-15-14(21-16)13(10-6-2-1-3-7-10)20-12-9-5-4-8-11(12)17-15/h1-9,13-14H,(H,17,18,19). The van der Waals surface area contributed by atoms with Crippen LogP contribution in [0.2, 0.25) is 0 Å². The normalized spacial score (nSPS) is 23.2. The van der Waals surface area contributed by atoms with Crippen LogP contribution in [0.25, 0.3) is 0 Å². The van der Waals surface area contributed by atoms with Crippen LogP contribution in [0.5, 0.6) is 5.75 Å². The number of rotatable bonds is 1. The van der Waals surface area contributed by atoms with Crippen LogP contribution in [-0.2, 0) is 0 Å². The van der Waals surface area contributed by atoms with Crippen molar-refractivity contribution < 1.29 is 9.53 Å². The van der Waals surface area contributed by atoms with Gasteiger partial charge in [-0.25, -0.2) is 4.99 Å². The third-order valence-electron chi connectivity index (χ3n) is 3.50. The minimum atomic E-state index is -0.238. The Kier molecular flexibility index (Phi) is 2.93. The van der Waals surface area contributed by atoms with Crippen molar-refractivity contribution in [2.75, 3.05) is 0 Å². The summed E-state index contributed by atoms with van der Waals surface area (Å²) in [7, 11) is 0. The second-order valence-electron chi connectivity index (χ2n) is 4.86. The molecule has 4 rings (SSSR count). The van der Waals surface area contributed by atoms with Crippen LogP contribution in [0.1, 0.15) is 11.7 Å². The molecule has 1 fully saturated rings. The molecule has 2 aliphatic heterocycles. The molecule has 0 aromatic heterocycles. The molecule has 0 aliphatic carbocycles.